The lowest BCUT2D eigenvalue weighted by molar-refractivity contribution is 0.0922. The maximum Gasteiger partial charge on any atom is 0.270 e. The molecule has 24 heavy (non-hydrogen) atoms. The standard InChI is InChI=1S/C19H25N3O2/c1-12(2)16-11-17(22(3)21-16)19(23)20-18(13-5-6-13)14-7-9-15(24-4)10-8-14/h7-13,18H,5-6H2,1-4H3,(H,20,23)/t18-/m0/s1. The Morgan fingerprint density at radius 1 is 1.29 bits per heavy atom. The Labute approximate surface area is 143 Å². The molecule has 1 aromatic carbocycles. The highest BCUT2D eigenvalue weighted by molar-refractivity contribution is 5.93. The molecule has 5 nitrogen and oxygen atoms in total. The summed E-state index contributed by atoms with van der Waals surface area (Å²) >= 11 is 0. The van der Waals surface area contributed by atoms with Crippen LogP contribution >= 0.6 is 0 Å². The van der Waals surface area contributed by atoms with Crippen LogP contribution in [0.5, 0.6) is 5.75 Å². The van der Waals surface area contributed by atoms with Crippen molar-refractivity contribution in [3.63, 3.8) is 0 Å². The number of carbonyl (C=O) groups is 1. The third-order valence-corrected chi connectivity index (χ3v) is 4.58. The Balaban J connectivity index is 1.79. The molecule has 1 amide bonds. The van der Waals surface area contributed by atoms with Crippen molar-refractivity contribution in [2.45, 2.75) is 38.6 Å². The zero-order chi connectivity index (χ0) is 17.3. The number of rotatable bonds is 6. The molecule has 0 bridgehead atoms. The van der Waals surface area contributed by atoms with E-state index in [1.54, 1.807) is 11.8 Å². The van der Waals surface area contributed by atoms with Crippen LogP contribution in [-0.4, -0.2) is 22.8 Å². The molecule has 0 spiro atoms. The Kier molecular flexibility index (Phi) is 4.60. The first kappa shape index (κ1) is 16.6. The predicted octanol–water partition coefficient (Wildman–Crippen LogP) is 3.43. The Hall–Kier alpha value is -2.30. The van der Waals surface area contributed by atoms with Crippen molar-refractivity contribution in [2.24, 2.45) is 13.0 Å². The van der Waals surface area contributed by atoms with E-state index in [2.05, 4.69) is 24.3 Å². The summed E-state index contributed by atoms with van der Waals surface area (Å²) in [7, 11) is 3.48. The molecule has 2 aromatic rings. The summed E-state index contributed by atoms with van der Waals surface area (Å²) in [6.45, 7) is 4.16. The minimum atomic E-state index is -0.0652. The molecule has 0 aliphatic heterocycles. The zero-order valence-electron chi connectivity index (χ0n) is 14.7. The van der Waals surface area contributed by atoms with E-state index in [1.807, 2.05) is 37.4 Å². The van der Waals surface area contributed by atoms with Crippen molar-refractivity contribution in [3.05, 3.63) is 47.3 Å². The number of nitrogens with one attached hydrogen (secondary N) is 1. The minimum Gasteiger partial charge on any atom is -0.497 e. The largest absolute Gasteiger partial charge is 0.497 e. The van der Waals surface area contributed by atoms with Gasteiger partial charge in [0.15, 0.2) is 0 Å². The van der Waals surface area contributed by atoms with Gasteiger partial charge in [0.25, 0.3) is 5.91 Å². The second kappa shape index (κ2) is 6.67. The summed E-state index contributed by atoms with van der Waals surface area (Å²) in [6.07, 6.45) is 2.30. The molecule has 1 N–H and O–H groups in total. The molecule has 5 heteroatoms. The van der Waals surface area contributed by atoms with Gasteiger partial charge in [-0.3, -0.25) is 9.48 Å². The second-order valence-electron chi connectivity index (χ2n) is 6.79. The minimum absolute atomic E-state index is 0.0424. The fourth-order valence-electron chi connectivity index (χ4n) is 2.91. The van der Waals surface area contributed by atoms with E-state index < -0.39 is 0 Å². The summed E-state index contributed by atoms with van der Waals surface area (Å²) in [5.41, 5.74) is 2.67. The topological polar surface area (TPSA) is 56.1 Å². The third-order valence-electron chi connectivity index (χ3n) is 4.58. The Bertz CT molecular complexity index is 715. The van der Waals surface area contributed by atoms with Gasteiger partial charge in [-0.05, 0) is 48.4 Å². The first-order valence-corrected chi connectivity index (χ1v) is 8.48. The van der Waals surface area contributed by atoms with Crippen LogP contribution in [0.1, 0.15) is 60.4 Å². The molecule has 1 fully saturated rings. The second-order valence-corrected chi connectivity index (χ2v) is 6.79. The Morgan fingerprint density at radius 2 is 1.96 bits per heavy atom. The number of ether oxygens (including phenoxy) is 1. The van der Waals surface area contributed by atoms with Crippen molar-refractivity contribution in [3.8, 4) is 5.75 Å². The smallest absolute Gasteiger partial charge is 0.270 e. The van der Waals surface area contributed by atoms with Gasteiger partial charge in [-0.15, -0.1) is 0 Å². The normalized spacial score (nSPS) is 15.4. The lowest BCUT2D eigenvalue weighted by Crippen LogP contribution is -2.31. The summed E-state index contributed by atoms with van der Waals surface area (Å²) in [5.74, 6) is 1.58. The molecule has 1 heterocycles. The van der Waals surface area contributed by atoms with Crippen molar-refractivity contribution in [2.75, 3.05) is 7.11 Å². The quantitative estimate of drug-likeness (QED) is 0.884. The zero-order valence-corrected chi connectivity index (χ0v) is 14.7. The number of aryl methyl sites for hydroxylation is 1. The van der Waals surface area contributed by atoms with Gasteiger partial charge in [-0.25, -0.2) is 0 Å². The van der Waals surface area contributed by atoms with Crippen molar-refractivity contribution >= 4 is 5.91 Å². The van der Waals surface area contributed by atoms with E-state index in [-0.39, 0.29) is 11.9 Å². The molecule has 3 rings (SSSR count). The van der Waals surface area contributed by atoms with Crippen LogP contribution in [0.25, 0.3) is 0 Å². The molecule has 1 atom stereocenters. The number of carbonyl (C=O) groups excluding carboxylic acids is 1. The van der Waals surface area contributed by atoms with Crippen LogP contribution in [0.15, 0.2) is 30.3 Å². The van der Waals surface area contributed by atoms with Gasteiger partial charge in [0.2, 0.25) is 0 Å². The van der Waals surface area contributed by atoms with E-state index in [0.717, 1.165) is 29.8 Å². The van der Waals surface area contributed by atoms with Crippen LogP contribution in [0, 0.1) is 5.92 Å². The highest BCUT2D eigenvalue weighted by Crippen LogP contribution is 2.41. The monoisotopic (exact) mass is 327 g/mol. The van der Waals surface area contributed by atoms with E-state index >= 15 is 0 Å². The Morgan fingerprint density at radius 3 is 2.46 bits per heavy atom. The summed E-state index contributed by atoms with van der Waals surface area (Å²) in [4.78, 5) is 12.7. The number of hydrogen-bond donors (Lipinski definition) is 1. The molecule has 1 aliphatic rings. The van der Waals surface area contributed by atoms with E-state index in [1.165, 1.54) is 0 Å². The van der Waals surface area contributed by atoms with E-state index in [4.69, 9.17) is 4.74 Å². The van der Waals surface area contributed by atoms with Gasteiger partial charge in [-0.1, -0.05) is 26.0 Å². The summed E-state index contributed by atoms with van der Waals surface area (Å²) in [6, 6.07) is 9.88. The van der Waals surface area contributed by atoms with E-state index in [0.29, 0.717) is 17.5 Å². The molecule has 1 aromatic heterocycles. The number of methoxy groups -OCH3 is 1. The lowest BCUT2D eigenvalue weighted by atomic mass is 10.0. The average molecular weight is 327 g/mol. The van der Waals surface area contributed by atoms with Gasteiger partial charge in [0, 0.05) is 7.05 Å². The fourth-order valence-corrected chi connectivity index (χ4v) is 2.91. The molecule has 1 saturated carbocycles. The van der Waals surface area contributed by atoms with Crippen LogP contribution in [0.2, 0.25) is 0 Å². The first-order chi connectivity index (χ1) is 11.5. The van der Waals surface area contributed by atoms with Gasteiger partial charge in [0.05, 0.1) is 18.8 Å². The molecular formula is C19H25N3O2. The molecule has 0 saturated heterocycles. The third kappa shape index (κ3) is 3.45. The summed E-state index contributed by atoms with van der Waals surface area (Å²) in [5, 5.41) is 7.64. The lowest BCUT2D eigenvalue weighted by Gasteiger charge is -2.19. The highest BCUT2D eigenvalue weighted by Gasteiger charge is 2.34. The van der Waals surface area contributed by atoms with Gasteiger partial charge in [-0.2, -0.15) is 5.10 Å². The van der Waals surface area contributed by atoms with Crippen molar-refractivity contribution in [1.82, 2.24) is 15.1 Å². The molecule has 0 radical (unpaired) electrons. The molecule has 0 unspecified atom stereocenters. The number of nitrogens with zero attached hydrogens (tertiary/aromatic N) is 2. The summed E-state index contributed by atoms with van der Waals surface area (Å²) < 4.78 is 6.89. The van der Waals surface area contributed by atoms with Gasteiger partial charge >= 0.3 is 0 Å². The number of benzene rings is 1. The van der Waals surface area contributed by atoms with Gasteiger partial charge in [0.1, 0.15) is 11.4 Å². The van der Waals surface area contributed by atoms with Gasteiger partial charge < -0.3 is 10.1 Å². The van der Waals surface area contributed by atoms with Crippen LogP contribution < -0.4 is 10.1 Å². The molecular weight excluding hydrogens is 302 g/mol. The predicted molar refractivity (Wildman–Crippen MR) is 93.2 cm³/mol. The fraction of sp³-hybridized carbons (Fsp3) is 0.474. The molecule has 128 valence electrons. The van der Waals surface area contributed by atoms with E-state index in [9.17, 15) is 4.79 Å². The maximum atomic E-state index is 12.7. The SMILES string of the molecule is COc1ccc([C@@H](NC(=O)c2cc(C(C)C)nn2C)C2CC2)cc1. The number of amides is 1. The van der Waals surface area contributed by atoms with Crippen LogP contribution in [0.4, 0.5) is 0 Å². The molecule has 1 aliphatic carbocycles. The first-order valence-electron chi connectivity index (χ1n) is 8.48. The number of aromatic nitrogens is 2. The van der Waals surface area contributed by atoms with Crippen LogP contribution in [0.3, 0.4) is 0 Å². The average Bonchev–Trinajstić information content (AvgIpc) is 3.33. The van der Waals surface area contributed by atoms with Crippen molar-refractivity contribution < 1.29 is 9.53 Å². The number of hydrogen-bond acceptors (Lipinski definition) is 3. The van der Waals surface area contributed by atoms with Crippen molar-refractivity contribution in [1.29, 1.82) is 0 Å². The van der Waals surface area contributed by atoms with Crippen LogP contribution in [-0.2, 0) is 7.05 Å². The highest BCUT2D eigenvalue weighted by atomic mass is 16.5. The maximum absolute atomic E-state index is 12.7.